The fourth-order valence-corrected chi connectivity index (χ4v) is 2.74. The quantitative estimate of drug-likeness (QED) is 0.384. The van der Waals surface area contributed by atoms with Crippen molar-refractivity contribution in [3.8, 4) is 11.5 Å². The molecule has 0 fully saturated rings. The lowest BCUT2D eigenvalue weighted by Crippen LogP contribution is -2.49. The molecule has 0 saturated heterocycles. The van der Waals surface area contributed by atoms with E-state index in [0.717, 1.165) is 10.9 Å². The van der Waals surface area contributed by atoms with Crippen molar-refractivity contribution in [2.24, 2.45) is 5.92 Å². The maximum Gasteiger partial charge on any atom is 0.276 e. The van der Waals surface area contributed by atoms with E-state index < -0.39 is 11.8 Å². The summed E-state index contributed by atoms with van der Waals surface area (Å²) in [6.07, 6.45) is 0.869. The maximum absolute atomic E-state index is 12.6. The minimum Gasteiger partial charge on any atom is -0.493 e. The van der Waals surface area contributed by atoms with E-state index in [0.29, 0.717) is 29.6 Å². The Bertz CT molecular complexity index is 878. The van der Waals surface area contributed by atoms with Gasteiger partial charge in [0.25, 0.3) is 11.8 Å². The van der Waals surface area contributed by atoms with Crippen molar-refractivity contribution >= 4 is 45.1 Å². The van der Waals surface area contributed by atoms with Crippen molar-refractivity contribution in [2.45, 2.75) is 20.3 Å². The number of amides is 2. The number of halogens is 1. The first-order valence-corrected chi connectivity index (χ1v) is 10.6. The molecule has 0 aromatic heterocycles. The Balaban J connectivity index is 1.83. The average Bonchev–Trinajstić information content (AvgIpc) is 2.72. The van der Waals surface area contributed by atoms with Crippen LogP contribution >= 0.6 is 28.1 Å². The van der Waals surface area contributed by atoms with Gasteiger partial charge in [-0.25, -0.2) is 0 Å². The highest BCUT2D eigenvalue weighted by molar-refractivity contribution is 9.10. The average molecular weight is 494 g/mol. The molecule has 30 heavy (non-hydrogen) atoms. The van der Waals surface area contributed by atoms with Crippen LogP contribution in [0.5, 0.6) is 11.5 Å². The minimum atomic E-state index is -0.455. The molecule has 0 aliphatic rings. The Morgan fingerprint density at radius 1 is 1.07 bits per heavy atom. The number of hydrazine groups is 1. The largest absolute Gasteiger partial charge is 0.493 e. The lowest BCUT2D eigenvalue weighted by Gasteiger charge is -2.14. The summed E-state index contributed by atoms with van der Waals surface area (Å²) >= 11 is 8.43. The lowest BCUT2D eigenvalue weighted by molar-refractivity contribution is -0.123. The van der Waals surface area contributed by atoms with Crippen LogP contribution in [0.4, 0.5) is 0 Å². The molecular weight excluding hydrogens is 470 g/mol. The molecule has 2 aromatic rings. The molecule has 0 aliphatic carbocycles. The van der Waals surface area contributed by atoms with Gasteiger partial charge in [-0.1, -0.05) is 48.0 Å². The molecule has 2 rings (SSSR count). The molecule has 3 N–H and O–H groups in total. The van der Waals surface area contributed by atoms with Crippen molar-refractivity contribution in [3.05, 3.63) is 58.6 Å². The second-order valence-corrected chi connectivity index (χ2v) is 8.05. The van der Waals surface area contributed by atoms with Crippen LogP contribution < -0.4 is 25.6 Å². The molecule has 9 heteroatoms. The molecule has 0 atom stereocenters. The van der Waals surface area contributed by atoms with Crippen LogP contribution in [0.2, 0.25) is 0 Å². The molecule has 0 spiro atoms. The lowest BCUT2D eigenvalue weighted by atomic mass is 10.1. The Morgan fingerprint density at radius 2 is 1.80 bits per heavy atom. The molecule has 7 nitrogen and oxygen atoms in total. The van der Waals surface area contributed by atoms with Gasteiger partial charge >= 0.3 is 0 Å². The smallest absolute Gasteiger partial charge is 0.276 e. The molecule has 0 bridgehead atoms. The third kappa shape index (κ3) is 8.38. The third-order valence-corrected chi connectivity index (χ3v) is 4.49. The summed E-state index contributed by atoms with van der Waals surface area (Å²) < 4.78 is 11.8. The first-order valence-electron chi connectivity index (χ1n) is 9.35. The number of hydrogen-bond donors (Lipinski definition) is 3. The van der Waals surface area contributed by atoms with E-state index in [4.69, 9.17) is 21.7 Å². The number of carbonyl (C=O) groups is 2. The van der Waals surface area contributed by atoms with Gasteiger partial charge in [0.2, 0.25) is 0 Å². The standard InChI is InChI=1S/C21H24BrN3O4S/c1-14(2)10-11-28-18-9-8-15(22)12-17(18)20(27)23-21(30)25-24-19(26)13-29-16-6-4-3-5-7-16/h3-9,12,14H,10-11,13H2,1-2H3,(H,24,26)(H2,23,25,27,30). The maximum atomic E-state index is 12.6. The summed E-state index contributed by atoms with van der Waals surface area (Å²) in [4.78, 5) is 24.5. The number of ether oxygens (including phenoxy) is 2. The van der Waals surface area contributed by atoms with Gasteiger partial charge in [-0.2, -0.15) is 0 Å². The monoisotopic (exact) mass is 493 g/mol. The SMILES string of the molecule is CC(C)CCOc1ccc(Br)cc1C(=O)NC(=S)NNC(=O)COc1ccccc1. The summed E-state index contributed by atoms with van der Waals surface area (Å²) in [6.45, 7) is 4.50. The van der Waals surface area contributed by atoms with Crippen molar-refractivity contribution in [2.75, 3.05) is 13.2 Å². The van der Waals surface area contributed by atoms with Crippen LogP contribution in [0.1, 0.15) is 30.6 Å². The summed E-state index contributed by atoms with van der Waals surface area (Å²) in [5, 5.41) is 2.46. The number of benzene rings is 2. The predicted octanol–water partition coefficient (Wildman–Crippen LogP) is 3.59. The van der Waals surface area contributed by atoms with Crippen molar-refractivity contribution in [1.29, 1.82) is 0 Å². The van der Waals surface area contributed by atoms with E-state index in [2.05, 4.69) is 45.9 Å². The first-order chi connectivity index (χ1) is 14.3. The Morgan fingerprint density at radius 3 is 2.50 bits per heavy atom. The molecule has 2 aromatic carbocycles. The van der Waals surface area contributed by atoms with Crippen LogP contribution in [0.3, 0.4) is 0 Å². The number of hydrogen-bond acceptors (Lipinski definition) is 5. The third-order valence-electron chi connectivity index (χ3n) is 3.79. The van der Waals surface area contributed by atoms with E-state index in [1.165, 1.54) is 0 Å². The number of carbonyl (C=O) groups excluding carboxylic acids is 2. The zero-order valence-corrected chi connectivity index (χ0v) is 19.1. The van der Waals surface area contributed by atoms with Crippen molar-refractivity contribution in [1.82, 2.24) is 16.2 Å². The van der Waals surface area contributed by atoms with Gasteiger partial charge in [-0.15, -0.1) is 0 Å². The predicted molar refractivity (Wildman–Crippen MR) is 122 cm³/mol. The highest BCUT2D eigenvalue weighted by Crippen LogP contribution is 2.23. The summed E-state index contributed by atoms with van der Waals surface area (Å²) in [5.41, 5.74) is 5.18. The highest BCUT2D eigenvalue weighted by atomic mass is 79.9. The van der Waals surface area contributed by atoms with Crippen molar-refractivity contribution in [3.63, 3.8) is 0 Å². The van der Waals surface area contributed by atoms with Crippen LogP contribution in [0.15, 0.2) is 53.0 Å². The van der Waals surface area contributed by atoms with Crippen molar-refractivity contribution < 1.29 is 19.1 Å². The summed E-state index contributed by atoms with van der Waals surface area (Å²) in [7, 11) is 0. The topological polar surface area (TPSA) is 88.7 Å². The van der Waals surface area contributed by atoms with Gasteiger partial charge < -0.3 is 9.47 Å². The van der Waals surface area contributed by atoms with Gasteiger partial charge in [0.1, 0.15) is 11.5 Å². The Kier molecular flexibility index (Phi) is 9.56. The molecule has 0 aliphatic heterocycles. The van der Waals surface area contributed by atoms with E-state index in [1.807, 2.05) is 6.07 Å². The molecule has 2 amide bonds. The summed E-state index contributed by atoms with van der Waals surface area (Å²) in [5.74, 6) is 0.616. The summed E-state index contributed by atoms with van der Waals surface area (Å²) in [6, 6.07) is 14.1. The second kappa shape index (κ2) is 12.1. The Hall–Kier alpha value is -2.65. The van der Waals surface area contributed by atoms with Gasteiger partial charge in [0.05, 0.1) is 12.2 Å². The molecule has 0 heterocycles. The number of thiocarbonyl (C=S) groups is 1. The molecule has 0 unspecified atom stereocenters. The molecular formula is C21H24BrN3O4S. The van der Waals surface area contributed by atoms with Gasteiger partial charge in [-0.3, -0.25) is 25.8 Å². The van der Waals surface area contributed by atoms with Gasteiger partial charge in [0, 0.05) is 4.47 Å². The van der Waals surface area contributed by atoms with Crippen LogP contribution in [0, 0.1) is 5.92 Å². The molecule has 160 valence electrons. The molecule has 0 radical (unpaired) electrons. The van der Waals surface area contributed by atoms with Gasteiger partial charge in [0.15, 0.2) is 11.7 Å². The number of nitrogens with one attached hydrogen (secondary N) is 3. The van der Waals surface area contributed by atoms with E-state index in [-0.39, 0.29) is 11.7 Å². The first kappa shape index (κ1) is 23.6. The van der Waals surface area contributed by atoms with E-state index in [1.54, 1.807) is 42.5 Å². The second-order valence-electron chi connectivity index (χ2n) is 6.73. The van der Waals surface area contributed by atoms with Gasteiger partial charge in [-0.05, 0) is 54.9 Å². The van der Waals surface area contributed by atoms with Crippen LogP contribution in [-0.4, -0.2) is 30.1 Å². The Labute approximate surface area is 189 Å². The number of rotatable bonds is 8. The zero-order chi connectivity index (χ0) is 21.9. The molecule has 0 saturated carbocycles. The van der Waals surface area contributed by atoms with Crippen LogP contribution in [-0.2, 0) is 4.79 Å². The minimum absolute atomic E-state index is 0.0545. The normalized spacial score (nSPS) is 10.3. The van der Waals surface area contributed by atoms with E-state index >= 15 is 0 Å². The fraction of sp³-hybridized carbons (Fsp3) is 0.286. The highest BCUT2D eigenvalue weighted by Gasteiger charge is 2.15. The van der Waals surface area contributed by atoms with Crippen LogP contribution in [0.25, 0.3) is 0 Å². The van der Waals surface area contributed by atoms with E-state index in [9.17, 15) is 9.59 Å². The number of para-hydroxylation sites is 1. The fourth-order valence-electron chi connectivity index (χ4n) is 2.24. The zero-order valence-electron chi connectivity index (χ0n) is 16.7.